The molecular formula is C18H21N3O5. The number of ether oxygens (including phenoxy) is 2. The highest BCUT2D eigenvalue weighted by Crippen LogP contribution is 2.15. The topological polar surface area (TPSA) is 90.7 Å². The maximum atomic E-state index is 12.4. The van der Waals surface area contributed by atoms with Crippen LogP contribution in [0.15, 0.2) is 29.1 Å². The molecule has 3 rings (SSSR count). The lowest BCUT2D eigenvalue weighted by Gasteiger charge is -2.35. The van der Waals surface area contributed by atoms with Crippen molar-refractivity contribution in [2.24, 2.45) is 7.05 Å². The molecule has 1 saturated heterocycles. The van der Waals surface area contributed by atoms with Gasteiger partial charge in [0.25, 0.3) is 11.5 Å². The van der Waals surface area contributed by atoms with Gasteiger partial charge in [0.2, 0.25) is 0 Å². The molecule has 2 atom stereocenters. The third-order valence-electron chi connectivity index (χ3n) is 4.25. The number of carbonyl (C=O) groups excluding carboxylic acids is 2. The second-order valence-electron chi connectivity index (χ2n) is 6.46. The normalized spacial score (nSPS) is 20.2. The molecule has 8 heteroatoms. The van der Waals surface area contributed by atoms with Gasteiger partial charge in [-0.2, -0.15) is 5.10 Å². The fourth-order valence-electron chi connectivity index (χ4n) is 3.12. The van der Waals surface area contributed by atoms with Crippen LogP contribution in [0.2, 0.25) is 0 Å². The van der Waals surface area contributed by atoms with Crippen molar-refractivity contribution in [3.63, 3.8) is 0 Å². The molecule has 138 valence electrons. The van der Waals surface area contributed by atoms with E-state index in [0.29, 0.717) is 23.9 Å². The standard InChI is InChI=1S/C18H21N3O5/c1-11-8-21(9-12(2)26-11)15(22)10-25-18(24)16-13-6-4-5-7-14(13)17(23)20(3)19-16/h4-7,11-12H,8-10H2,1-3H3. The number of esters is 1. The molecule has 1 amide bonds. The Bertz CT molecular complexity index is 897. The quantitative estimate of drug-likeness (QED) is 0.751. The van der Waals surface area contributed by atoms with E-state index < -0.39 is 5.97 Å². The molecule has 1 aromatic heterocycles. The third kappa shape index (κ3) is 3.60. The fraction of sp³-hybridized carbons (Fsp3) is 0.444. The van der Waals surface area contributed by atoms with E-state index in [4.69, 9.17) is 9.47 Å². The van der Waals surface area contributed by atoms with Crippen LogP contribution >= 0.6 is 0 Å². The van der Waals surface area contributed by atoms with Gasteiger partial charge in [-0.15, -0.1) is 0 Å². The Morgan fingerprint density at radius 3 is 2.46 bits per heavy atom. The molecule has 1 fully saturated rings. The average Bonchev–Trinajstić information content (AvgIpc) is 2.61. The van der Waals surface area contributed by atoms with Crippen LogP contribution in [0.4, 0.5) is 0 Å². The zero-order chi connectivity index (χ0) is 18.8. The summed E-state index contributed by atoms with van der Waals surface area (Å²) in [7, 11) is 1.47. The summed E-state index contributed by atoms with van der Waals surface area (Å²) < 4.78 is 11.8. The van der Waals surface area contributed by atoms with E-state index in [1.807, 2.05) is 13.8 Å². The lowest BCUT2D eigenvalue weighted by Crippen LogP contribution is -2.49. The number of rotatable bonds is 3. The van der Waals surface area contributed by atoms with Crippen LogP contribution in [0.25, 0.3) is 10.8 Å². The SMILES string of the molecule is CC1CN(C(=O)COC(=O)c2nn(C)c(=O)c3ccccc23)CC(C)O1. The molecule has 0 N–H and O–H groups in total. The van der Waals surface area contributed by atoms with Gasteiger partial charge in [0.1, 0.15) is 0 Å². The van der Waals surface area contributed by atoms with Gasteiger partial charge >= 0.3 is 5.97 Å². The molecule has 1 aliphatic rings. The molecule has 1 aromatic carbocycles. The molecule has 0 radical (unpaired) electrons. The van der Waals surface area contributed by atoms with E-state index in [0.717, 1.165) is 4.68 Å². The molecule has 0 aliphatic carbocycles. The molecular weight excluding hydrogens is 338 g/mol. The largest absolute Gasteiger partial charge is 0.451 e. The summed E-state index contributed by atoms with van der Waals surface area (Å²) in [6.07, 6.45) is -0.125. The van der Waals surface area contributed by atoms with Crippen LogP contribution in [0.1, 0.15) is 24.3 Å². The zero-order valence-electron chi connectivity index (χ0n) is 15.0. The molecule has 0 bridgehead atoms. The van der Waals surface area contributed by atoms with E-state index in [1.165, 1.54) is 7.05 Å². The maximum absolute atomic E-state index is 12.4. The van der Waals surface area contributed by atoms with Gasteiger partial charge in [-0.05, 0) is 19.9 Å². The van der Waals surface area contributed by atoms with Gasteiger partial charge in [0.15, 0.2) is 12.3 Å². The monoisotopic (exact) mass is 359 g/mol. The molecule has 0 saturated carbocycles. The van der Waals surface area contributed by atoms with Gasteiger partial charge in [-0.3, -0.25) is 9.59 Å². The second-order valence-corrected chi connectivity index (χ2v) is 6.46. The number of hydrogen-bond donors (Lipinski definition) is 0. The van der Waals surface area contributed by atoms with Gasteiger partial charge in [-0.1, -0.05) is 18.2 Å². The first kappa shape index (κ1) is 18.1. The van der Waals surface area contributed by atoms with Crippen molar-refractivity contribution in [3.05, 3.63) is 40.3 Å². The summed E-state index contributed by atoms with van der Waals surface area (Å²) in [5, 5.41) is 4.78. The van der Waals surface area contributed by atoms with Crippen molar-refractivity contribution < 1.29 is 19.1 Å². The predicted molar refractivity (Wildman–Crippen MR) is 93.9 cm³/mol. The second kappa shape index (κ2) is 7.25. The number of aromatic nitrogens is 2. The first-order chi connectivity index (χ1) is 12.4. The van der Waals surface area contributed by atoms with E-state index >= 15 is 0 Å². The molecule has 2 unspecified atom stereocenters. The van der Waals surface area contributed by atoms with Gasteiger partial charge in [0.05, 0.1) is 17.6 Å². The Kier molecular flexibility index (Phi) is 5.03. The van der Waals surface area contributed by atoms with Gasteiger partial charge < -0.3 is 14.4 Å². The Balaban J connectivity index is 1.75. The van der Waals surface area contributed by atoms with E-state index in [2.05, 4.69) is 5.10 Å². The van der Waals surface area contributed by atoms with E-state index in [9.17, 15) is 14.4 Å². The molecule has 2 heterocycles. The smallest absolute Gasteiger partial charge is 0.359 e. The number of hydrogen-bond acceptors (Lipinski definition) is 6. The van der Waals surface area contributed by atoms with Crippen molar-refractivity contribution in [2.75, 3.05) is 19.7 Å². The van der Waals surface area contributed by atoms with Crippen LogP contribution in [0.3, 0.4) is 0 Å². The number of aryl methyl sites for hydroxylation is 1. The number of amides is 1. The Hall–Kier alpha value is -2.74. The Labute approximate surface area is 150 Å². The minimum atomic E-state index is -0.737. The summed E-state index contributed by atoms with van der Waals surface area (Å²) in [6.45, 7) is 4.32. The highest BCUT2D eigenvalue weighted by molar-refractivity contribution is 6.02. The number of carbonyl (C=O) groups is 2. The zero-order valence-corrected chi connectivity index (χ0v) is 15.0. The molecule has 8 nitrogen and oxygen atoms in total. The lowest BCUT2D eigenvalue weighted by atomic mass is 10.1. The summed E-state index contributed by atoms with van der Waals surface area (Å²) in [6, 6.07) is 6.68. The first-order valence-corrected chi connectivity index (χ1v) is 8.43. The minimum absolute atomic E-state index is 0.0132. The number of benzene rings is 1. The van der Waals surface area contributed by atoms with Gasteiger partial charge in [0, 0.05) is 25.5 Å². The summed E-state index contributed by atoms with van der Waals surface area (Å²) in [5.41, 5.74) is -0.288. The molecule has 1 aliphatic heterocycles. The lowest BCUT2D eigenvalue weighted by molar-refractivity contribution is -0.146. The molecule has 26 heavy (non-hydrogen) atoms. The number of morpholine rings is 1. The highest BCUT2D eigenvalue weighted by atomic mass is 16.5. The van der Waals surface area contributed by atoms with Crippen molar-refractivity contribution >= 4 is 22.6 Å². The predicted octanol–water partition coefficient (Wildman–Crippen LogP) is 0.726. The molecule has 0 spiro atoms. The van der Waals surface area contributed by atoms with Crippen LogP contribution < -0.4 is 5.56 Å². The van der Waals surface area contributed by atoms with Crippen molar-refractivity contribution in [1.82, 2.24) is 14.7 Å². The molecule has 2 aromatic rings. The van der Waals surface area contributed by atoms with Crippen LogP contribution in [0.5, 0.6) is 0 Å². The average molecular weight is 359 g/mol. The van der Waals surface area contributed by atoms with Crippen LogP contribution in [-0.4, -0.2) is 58.5 Å². The Morgan fingerprint density at radius 1 is 1.19 bits per heavy atom. The number of nitrogens with zero attached hydrogens (tertiary/aromatic N) is 3. The number of fused-ring (bicyclic) bond motifs is 1. The summed E-state index contributed by atoms with van der Waals surface area (Å²) in [4.78, 5) is 38.5. The van der Waals surface area contributed by atoms with Crippen LogP contribution in [0, 0.1) is 0 Å². The van der Waals surface area contributed by atoms with E-state index in [1.54, 1.807) is 29.2 Å². The van der Waals surface area contributed by atoms with Crippen molar-refractivity contribution in [3.8, 4) is 0 Å². The Morgan fingerprint density at radius 2 is 1.81 bits per heavy atom. The fourth-order valence-corrected chi connectivity index (χ4v) is 3.12. The minimum Gasteiger partial charge on any atom is -0.451 e. The van der Waals surface area contributed by atoms with E-state index in [-0.39, 0.29) is 36.0 Å². The highest BCUT2D eigenvalue weighted by Gasteiger charge is 2.27. The first-order valence-electron chi connectivity index (χ1n) is 8.43. The summed E-state index contributed by atoms with van der Waals surface area (Å²) in [5.74, 6) is -1.02. The third-order valence-corrected chi connectivity index (χ3v) is 4.25. The van der Waals surface area contributed by atoms with Gasteiger partial charge in [-0.25, -0.2) is 9.48 Å². The summed E-state index contributed by atoms with van der Waals surface area (Å²) >= 11 is 0. The maximum Gasteiger partial charge on any atom is 0.359 e. The van der Waals surface area contributed by atoms with Crippen molar-refractivity contribution in [2.45, 2.75) is 26.1 Å². The van der Waals surface area contributed by atoms with Crippen molar-refractivity contribution in [1.29, 1.82) is 0 Å². The van der Waals surface area contributed by atoms with Crippen LogP contribution in [-0.2, 0) is 21.3 Å².